The van der Waals surface area contributed by atoms with E-state index in [4.69, 9.17) is 0 Å². The highest BCUT2D eigenvalue weighted by molar-refractivity contribution is 6.06. The van der Waals surface area contributed by atoms with Crippen LogP contribution in [-0.4, -0.2) is 26.6 Å². The van der Waals surface area contributed by atoms with E-state index in [1.165, 1.54) is 6.07 Å². The molecule has 0 aliphatic rings. The van der Waals surface area contributed by atoms with Crippen molar-refractivity contribution >= 4 is 28.4 Å². The maximum absolute atomic E-state index is 12.5. The van der Waals surface area contributed by atoms with Crippen LogP contribution in [0.3, 0.4) is 0 Å². The molecule has 7 heteroatoms. The third kappa shape index (κ3) is 3.51. The van der Waals surface area contributed by atoms with Crippen LogP contribution in [0, 0.1) is 0 Å². The van der Waals surface area contributed by atoms with Crippen LogP contribution < -0.4 is 10.9 Å². The number of Topliss-reactive ketones (excluding diaryl/α,β-unsaturated/α-hetero) is 1. The Kier molecular flexibility index (Phi) is 4.88. The number of fused-ring (bicyclic) bond motifs is 1. The Bertz CT molecular complexity index is 1060. The second-order valence-corrected chi connectivity index (χ2v) is 5.77. The van der Waals surface area contributed by atoms with Gasteiger partial charge in [-0.15, -0.1) is 0 Å². The fourth-order valence-electron chi connectivity index (χ4n) is 2.54. The van der Waals surface area contributed by atoms with Gasteiger partial charge in [0.05, 0.1) is 0 Å². The van der Waals surface area contributed by atoms with E-state index < -0.39 is 11.5 Å². The van der Waals surface area contributed by atoms with Gasteiger partial charge in [0, 0.05) is 35.7 Å². The van der Waals surface area contributed by atoms with Crippen LogP contribution in [0.1, 0.15) is 46.8 Å². The van der Waals surface area contributed by atoms with Crippen LogP contribution in [0.4, 0.5) is 5.69 Å². The normalized spacial score (nSPS) is 10.7. The Labute approximate surface area is 149 Å². The number of amides is 1. The Morgan fingerprint density at radius 1 is 1.19 bits per heavy atom. The minimum absolute atomic E-state index is 0.0199. The highest BCUT2D eigenvalue weighted by atomic mass is 16.2. The zero-order valence-corrected chi connectivity index (χ0v) is 14.5. The van der Waals surface area contributed by atoms with Crippen LogP contribution in [0.5, 0.6) is 0 Å². The molecule has 3 rings (SSSR count). The lowest BCUT2D eigenvalue weighted by Gasteiger charge is -2.07. The molecule has 7 nitrogen and oxygen atoms in total. The Hall–Kier alpha value is -3.35. The molecular weight excluding hydrogens is 332 g/mol. The molecule has 1 amide bonds. The van der Waals surface area contributed by atoms with Gasteiger partial charge in [0.2, 0.25) is 0 Å². The lowest BCUT2D eigenvalue weighted by atomic mass is 10.1. The molecule has 132 valence electrons. The predicted molar refractivity (Wildman–Crippen MR) is 98.6 cm³/mol. The summed E-state index contributed by atoms with van der Waals surface area (Å²) in [6.07, 6.45) is 2.60. The van der Waals surface area contributed by atoms with Crippen LogP contribution >= 0.6 is 0 Å². The first-order valence-corrected chi connectivity index (χ1v) is 8.35. The van der Waals surface area contributed by atoms with Crippen molar-refractivity contribution in [3.8, 4) is 0 Å². The summed E-state index contributed by atoms with van der Waals surface area (Å²) in [7, 11) is 0. The second kappa shape index (κ2) is 7.26. The number of carbonyl (C=O) groups excluding carboxylic acids is 2. The summed E-state index contributed by atoms with van der Waals surface area (Å²) >= 11 is 0. The number of nitrogens with one attached hydrogen (secondary N) is 2. The lowest BCUT2D eigenvalue weighted by Crippen LogP contribution is -2.23. The summed E-state index contributed by atoms with van der Waals surface area (Å²) in [5.74, 6) is 0.0325. The van der Waals surface area contributed by atoms with E-state index >= 15 is 0 Å². The van der Waals surface area contributed by atoms with Crippen molar-refractivity contribution in [3.63, 3.8) is 0 Å². The average molecular weight is 350 g/mol. The number of anilines is 1. The molecule has 0 spiro atoms. The smallest absolute Gasteiger partial charge is 0.262 e. The van der Waals surface area contributed by atoms with Crippen molar-refractivity contribution in [2.75, 3.05) is 5.32 Å². The zero-order valence-electron chi connectivity index (χ0n) is 14.5. The van der Waals surface area contributed by atoms with Crippen LogP contribution in [0.25, 0.3) is 11.0 Å². The molecule has 2 N–H and O–H groups in total. The van der Waals surface area contributed by atoms with Gasteiger partial charge >= 0.3 is 0 Å². The number of rotatable bonds is 5. The van der Waals surface area contributed by atoms with Gasteiger partial charge in [0.1, 0.15) is 17.0 Å². The van der Waals surface area contributed by atoms with Crippen LogP contribution in [0.15, 0.2) is 41.3 Å². The molecule has 0 fully saturated rings. The molecule has 2 aromatic heterocycles. The van der Waals surface area contributed by atoms with Crippen molar-refractivity contribution in [3.05, 3.63) is 63.8 Å². The van der Waals surface area contributed by atoms with E-state index in [9.17, 15) is 14.4 Å². The number of aromatic nitrogens is 3. The number of hydrogen-bond acceptors (Lipinski definition) is 5. The Balaban J connectivity index is 1.91. The first-order chi connectivity index (χ1) is 12.5. The van der Waals surface area contributed by atoms with Crippen molar-refractivity contribution in [1.82, 2.24) is 15.0 Å². The number of carbonyl (C=O) groups is 2. The van der Waals surface area contributed by atoms with Crippen LogP contribution in [-0.2, 0) is 6.42 Å². The molecule has 3 aromatic rings. The molecular formula is C19H18N4O3. The number of pyridine rings is 1. The summed E-state index contributed by atoms with van der Waals surface area (Å²) in [6, 6.07) is 8.09. The highest BCUT2D eigenvalue weighted by Gasteiger charge is 2.14. The minimum atomic E-state index is -0.561. The fourth-order valence-corrected chi connectivity index (χ4v) is 2.54. The maximum atomic E-state index is 12.5. The summed E-state index contributed by atoms with van der Waals surface area (Å²) in [5.41, 5.74) is 0.785. The molecule has 0 aliphatic carbocycles. The average Bonchev–Trinajstić information content (AvgIpc) is 2.66. The van der Waals surface area contributed by atoms with E-state index in [2.05, 4.69) is 20.3 Å². The van der Waals surface area contributed by atoms with Gasteiger partial charge in [0.15, 0.2) is 5.78 Å². The first-order valence-electron chi connectivity index (χ1n) is 8.35. The lowest BCUT2D eigenvalue weighted by molar-refractivity contribution is 0.0985. The number of hydrogen-bond donors (Lipinski definition) is 2. The molecule has 0 saturated carbocycles. The third-order valence-electron chi connectivity index (χ3n) is 3.97. The summed E-state index contributed by atoms with van der Waals surface area (Å²) < 4.78 is 0. The van der Waals surface area contributed by atoms with E-state index in [0.29, 0.717) is 41.0 Å². The van der Waals surface area contributed by atoms with Crippen molar-refractivity contribution in [1.29, 1.82) is 0 Å². The molecule has 0 unspecified atom stereocenters. The molecule has 2 heterocycles. The topological polar surface area (TPSA) is 105 Å². The van der Waals surface area contributed by atoms with Gasteiger partial charge in [0.25, 0.3) is 11.5 Å². The van der Waals surface area contributed by atoms with Crippen LogP contribution in [0.2, 0.25) is 0 Å². The fraction of sp³-hybridized carbons (Fsp3) is 0.211. The van der Waals surface area contributed by atoms with E-state index in [1.54, 1.807) is 37.4 Å². The summed E-state index contributed by atoms with van der Waals surface area (Å²) in [5, 5.41) is 3.22. The van der Waals surface area contributed by atoms with Crippen molar-refractivity contribution in [2.24, 2.45) is 0 Å². The zero-order chi connectivity index (χ0) is 18.7. The largest absolute Gasteiger partial charge is 0.322 e. The SMILES string of the molecule is CCC(=O)c1cccc(NC(=O)c2cc3cnc(CC)nc3[nH]c2=O)c1. The molecule has 0 atom stereocenters. The van der Waals surface area contributed by atoms with Crippen molar-refractivity contribution < 1.29 is 9.59 Å². The molecule has 1 aromatic carbocycles. The monoisotopic (exact) mass is 350 g/mol. The highest BCUT2D eigenvalue weighted by Crippen LogP contribution is 2.14. The quantitative estimate of drug-likeness (QED) is 0.688. The molecule has 0 radical (unpaired) electrons. The van der Waals surface area contributed by atoms with Gasteiger partial charge in [-0.3, -0.25) is 14.4 Å². The van der Waals surface area contributed by atoms with E-state index in [1.807, 2.05) is 6.92 Å². The predicted octanol–water partition coefficient (Wildman–Crippen LogP) is 2.73. The summed E-state index contributed by atoms with van der Waals surface area (Å²) in [6.45, 7) is 3.69. The van der Waals surface area contributed by atoms with E-state index in [-0.39, 0.29) is 11.3 Å². The number of H-pyrrole nitrogens is 1. The van der Waals surface area contributed by atoms with Crippen molar-refractivity contribution in [2.45, 2.75) is 26.7 Å². The third-order valence-corrected chi connectivity index (χ3v) is 3.97. The Morgan fingerprint density at radius 3 is 2.73 bits per heavy atom. The molecule has 0 saturated heterocycles. The van der Waals surface area contributed by atoms with Gasteiger partial charge in [-0.2, -0.15) is 0 Å². The van der Waals surface area contributed by atoms with E-state index in [0.717, 1.165) is 0 Å². The molecule has 26 heavy (non-hydrogen) atoms. The summed E-state index contributed by atoms with van der Waals surface area (Å²) in [4.78, 5) is 47.6. The number of benzene rings is 1. The number of aromatic amines is 1. The van der Waals surface area contributed by atoms with Gasteiger partial charge in [-0.25, -0.2) is 9.97 Å². The standard InChI is InChI=1S/C19H18N4O3/c1-3-15(24)11-6-5-7-13(8-11)21-18(25)14-9-12-10-20-16(4-2)22-17(12)23-19(14)26/h5-10H,3-4H2,1-2H3,(H,21,25)(H,20,22,23,26). The Morgan fingerprint density at radius 2 is 2.00 bits per heavy atom. The maximum Gasteiger partial charge on any atom is 0.262 e. The second-order valence-electron chi connectivity index (χ2n) is 5.77. The number of aryl methyl sites for hydroxylation is 1. The van der Waals surface area contributed by atoms with Gasteiger partial charge in [-0.1, -0.05) is 26.0 Å². The van der Waals surface area contributed by atoms with Gasteiger partial charge in [-0.05, 0) is 18.2 Å². The number of nitrogens with zero attached hydrogens (tertiary/aromatic N) is 2. The first kappa shape index (κ1) is 17.5. The molecule has 0 aliphatic heterocycles. The van der Waals surface area contributed by atoms with Gasteiger partial charge < -0.3 is 10.3 Å². The minimum Gasteiger partial charge on any atom is -0.322 e. The number of ketones is 1. The molecule has 0 bridgehead atoms.